The molecule has 0 radical (unpaired) electrons. The summed E-state index contributed by atoms with van der Waals surface area (Å²) in [6.07, 6.45) is 1.83. The Morgan fingerprint density at radius 2 is 1.10 bits per heavy atom. The third-order valence-corrected chi connectivity index (χ3v) is 13.2. The smallest absolute Gasteiger partial charge is 0.149 e. The third-order valence-electron chi connectivity index (χ3n) is 13.2. The summed E-state index contributed by atoms with van der Waals surface area (Å²) < 4.78 is 161. The molecule has 0 atom stereocenters. The van der Waals surface area contributed by atoms with Gasteiger partial charge >= 0.3 is 0 Å². The molecule has 4 heteroatoms. The summed E-state index contributed by atoms with van der Waals surface area (Å²) in [5.74, 6) is -1.77. The maximum Gasteiger partial charge on any atom is 0.149 e. The number of aryl methyl sites for hydroxylation is 1. The van der Waals surface area contributed by atoms with Crippen LogP contribution in [0, 0.1) is 13.8 Å². The van der Waals surface area contributed by atoms with Crippen LogP contribution in [0.2, 0.25) is 0 Å². The average molecular weight is 938 g/mol. The molecule has 9 aromatic rings. The number of imidazole rings is 1. The molecule has 0 spiro atoms. The first-order chi connectivity index (χ1) is 40.5. The number of aromatic nitrogens is 3. The summed E-state index contributed by atoms with van der Waals surface area (Å²) in [5, 5.41) is 13.2. The summed E-state index contributed by atoms with van der Waals surface area (Å²) in [6.45, 7) is -8.10. The minimum Gasteiger partial charge on any atom is -0.507 e. The van der Waals surface area contributed by atoms with Crippen molar-refractivity contribution in [3.05, 3.63) is 191 Å². The Kier molecular flexibility index (Phi) is 7.74. The van der Waals surface area contributed by atoms with Crippen LogP contribution in [0.15, 0.2) is 158 Å². The van der Waals surface area contributed by atoms with Gasteiger partial charge in [-0.3, -0.25) is 9.55 Å². The predicted octanol–water partition coefficient (Wildman–Crippen LogP) is 17.9. The minimum absolute atomic E-state index is 0.164. The van der Waals surface area contributed by atoms with Crippen LogP contribution < -0.4 is 0 Å². The van der Waals surface area contributed by atoms with Crippen LogP contribution in [0.4, 0.5) is 0 Å². The lowest BCUT2D eigenvalue weighted by molar-refractivity contribution is 0.446. The van der Waals surface area contributed by atoms with Crippen LogP contribution >= 0.6 is 0 Å². The molecule has 0 saturated heterocycles. The molecular weight excluding hydrogens is 851 g/mol. The first-order valence-electron chi connectivity index (χ1n) is 32.4. The van der Waals surface area contributed by atoms with Crippen molar-refractivity contribution in [1.29, 1.82) is 0 Å². The lowest BCUT2D eigenvalue weighted by atomic mass is 9.79. The molecule has 2 heterocycles. The highest BCUT2D eigenvalue weighted by Gasteiger charge is 2.30. The highest BCUT2D eigenvalue weighted by molar-refractivity contribution is 5.98. The molecule has 0 unspecified atom stereocenters. The fourth-order valence-electron chi connectivity index (χ4n) is 9.42. The van der Waals surface area contributed by atoms with Gasteiger partial charge in [0.1, 0.15) is 11.6 Å². The van der Waals surface area contributed by atoms with Crippen LogP contribution in [0.1, 0.15) is 141 Å². The van der Waals surface area contributed by atoms with Crippen molar-refractivity contribution in [3.63, 3.8) is 0 Å². The van der Waals surface area contributed by atoms with Crippen molar-refractivity contribution in [1.82, 2.24) is 14.5 Å². The van der Waals surface area contributed by atoms with E-state index < -0.39 is 85.6 Å². The Morgan fingerprint density at radius 3 is 1.74 bits per heavy atom. The van der Waals surface area contributed by atoms with E-state index >= 15 is 0 Å². The lowest BCUT2D eigenvalue weighted by Crippen LogP contribution is -2.17. The van der Waals surface area contributed by atoms with Gasteiger partial charge in [0.15, 0.2) is 0 Å². The van der Waals surface area contributed by atoms with Crippen molar-refractivity contribution < 1.29 is 29.8 Å². The number of benzene rings is 7. The molecule has 0 aliphatic rings. The molecule has 7 aromatic carbocycles. The summed E-state index contributed by atoms with van der Waals surface area (Å²) in [5.41, 5.74) is -0.430. The zero-order chi connectivity index (χ0) is 65.1. The van der Waals surface area contributed by atoms with Crippen LogP contribution in [0.5, 0.6) is 5.75 Å². The van der Waals surface area contributed by atoms with Gasteiger partial charge in [-0.15, -0.1) is 0 Å². The number of rotatable bonds is 7. The summed E-state index contributed by atoms with van der Waals surface area (Å²) in [4.78, 5) is 10.3. The quantitative estimate of drug-likeness (QED) is 0.173. The maximum absolute atomic E-state index is 13.2. The largest absolute Gasteiger partial charge is 0.507 e. The topological polar surface area (TPSA) is 50.9 Å². The summed E-state index contributed by atoms with van der Waals surface area (Å²) in [7, 11) is 0. The van der Waals surface area contributed by atoms with E-state index in [0.29, 0.717) is 39.7 Å². The second-order valence-corrected chi connectivity index (χ2v) is 20.5. The van der Waals surface area contributed by atoms with Gasteiger partial charge in [-0.1, -0.05) is 198 Å². The van der Waals surface area contributed by atoms with Crippen molar-refractivity contribution in [3.8, 4) is 78.6 Å². The lowest BCUT2D eigenvalue weighted by Gasteiger charge is -2.27. The molecule has 9 rings (SSSR count). The molecule has 1 N–H and O–H groups in total. The van der Waals surface area contributed by atoms with Gasteiger partial charge in [0.2, 0.25) is 0 Å². The van der Waals surface area contributed by atoms with E-state index in [0.717, 1.165) is 56.1 Å². The van der Waals surface area contributed by atoms with Crippen molar-refractivity contribution in [2.75, 3.05) is 0 Å². The molecule has 70 heavy (non-hydrogen) atoms. The van der Waals surface area contributed by atoms with Gasteiger partial charge < -0.3 is 5.11 Å². The Balaban J connectivity index is 1.51. The zero-order valence-corrected chi connectivity index (χ0v) is 40.8. The van der Waals surface area contributed by atoms with Crippen molar-refractivity contribution >= 4 is 11.0 Å². The summed E-state index contributed by atoms with van der Waals surface area (Å²) >= 11 is 0. The van der Waals surface area contributed by atoms with E-state index in [1.807, 2.05) is 129 Å². The van der Waals surface area contributed by atoms with Crippen LogP contribution in [-0.2, 0) is 21.7 Å². The first-order valence-corrected chi connectivity index (χ1v) is 23.4. The SMILES string of the molecule is [2H]C([2H])([2H])C(c1cc(-c2nc3c(-c4cc(-c5ncc(C)c(-c6ccccc6)c5C)cc(C(C)(C)C)c4)cccc3n2-c2ccc(-c3ccc(C(C)(C)C)cc3)cc2-c2ccccc2)c(O)c(C(C([2H])([2H])[2H])(C([2H])([2H])[2H])C([2H])([2H])[2H])c1)(C([2H])([2H])[2H])C([2H])([2H])[2H]. The third kappa shape index (κ3) is 9.13. The van der Waals surface area contributed by atoms with E-state index in [4.69, 9.17) is 34.6 Å². The zero-order valence-electron chi connectivity index (χ0n) is 58.8. The minimum atomic E-state index is -4.15. The highest BCUT2D eigenvalue weighted by Crippen LogP contribution is 2.47. The number of hydrogen-bond acceptors (Lipinski definition) is 3. The Hall–Kier alpha value is -7.04. The fraction of sp³-hybridized carbons (Fsp3) is 0.273. The summed E-state index contributed by atoms with van der Waals surface area (Å²) in [6, 6.07) is 45.0. The van der Waals surface area contributed by atoms with Crippen molar-refractivity contribution in [2.45, 2.75) is 118 Å². The Bertz CT molecular complexity index is 4030. The van der Waals surface area contributed by atoms with Gasteiger partial charge in [-0.05, 0) is 133 Å². The molecule has 0 aliphatic heterocycles. The molecule has 2 aromatic heterocycles. The number of phenolic OH excluding ortho intramolecular Hbond substituents is 1. The van der Waals surface area contributed by atoms with Gasteiger partial charge in [-0.2, -0.15) is 0 Å². The number of nitrogens with zero attached hydrogens (tertiary/aromatic N) is 3. The van der Waals surface area contributed by atoms with Gasteiger partial charge in [0.05, 0.1) is 28.0 Å². The number of hydrogen-bond donors (Lipinski definition) is 1. The molecule has 0 fully saturated rings. The van der Waals surface area contributed by atoms with E-state index in [2.05, 4.69) is 47.6 Å². The number of pyridine rings is 1. The van der Waals surface area contributed by atoms with Crippen LogP contribution in [0.25, 0.3) is 83.9 Å². The second kappa shape index (κ2) is 17.7. The van der Waals surface area contributed by atoms with E-state index in [1.165, 1.54) is 0 Å². The highest BCUT2D eigenvalue weighted by atomic mass is 16.3. The molecular formula is C66H69N3O. The second-order valence-electron chi connectivity index (χ2n) is 20.5. The number of fused-ring (bicyclic) bond motifs is 1. The standard InChI is InChI=1S/C66H69N3O/c1-41-40-67-59(42(2)58(41)45-24-19-16-20-25-45)48-34-47(35-50(36-48)64(6,7)8)52-26-21-27-57-60(52)68-62(54-38-51(65(9,10)11)39-55(61(54)70)66(12,13)14)69(57)56-33-30-46(37-53(56)44-22-17-15-18-23-44)43-28-31-49(32-29-43)63(3,4)5/h15-40,70H,1-14H3/i9D3,10D3,11D3,12D3,13D3,14D3. The first kappa shape index (κ1) is 30.5. The van der Waals surface area contributed by atoms with E-state index in [9.17, 15) is 5.11 Å². The fourth-order valence-corrected chi connectivity index (χ4v) is 9.42. The number of para-hydroxylation sites is 1. The number of phenols is 1. The molecule has 0 amide bonds. The molecule has 0 aliphatic carbocycles. The molecule has 354 valence electrons. The molecule has 4 nitrogen and oxygen atoms in total. The van der Waals surface area contributed by atoms with E-state index in [-0.39, 0.29) is 16.4 Å². The van der Waals surface area contributed by atoms with Gasteiger partial charge in [0.25, 0.3) is 0 Å². The maximum atomic E-state index is 13.2. The van der Waals surface area contributed by atoms with Gasteiger partial charge in [-0.25, -0.2) is 4.98 Å². The molecule has 0 bridgehead atoms. The monoisotopic (exact) mass is 938 g/mol. The van der Waals surface area contributed by atoms with Crippen LogP contribution in [0.3, 0.4) is 0 Å². The Morgan fingerprint density at radius 1 is 0.486 bits per heavy atom. The van der Waals surface area contributed by atoms with Crippen LogP contribution in [-0.4, -0.2) is 19.6 Å². The average Bonchev–Trinajstić information content (AvgIpc) is 0.734. The normalized spacial score (nSPS) is 17.4. The Labute approximate surface area is 442 Å². The van der Waals surface area contributed by atoms with Crippen molar-refractivity contribution in [2.24, 2.45) is 0 Å². The predicted molar refractivity (Wildman–Crippen MR) is 297 cm³/mol. The number of aromatic hydroxyl groups is 1. The van der Waals surface area contributed by atoms with E-state index in [1.54, 1.807) is 28.8 Å². The van der Waals surface area contributed by atoms with Gasteiger partial charge in [0, 0.05) is 53.1 Å². The molecule has 0 saturated carbocycles.